The van der Waals surface area contributed by atoms with Gasteiger partial charge in [0.05, 0.1) is 32.5 Å². The quantitative estimate of drug-likeness (QED) is 0.281. The Balaban J connectivity index is 2.15. The van der Waals surface area contributed by atoms with Gasteiger partial charge in [0.1, 0.15) is 11.5 Å². The van der Waals surface area contributed by atoms with Crippen LogP contribution in [0.2, 0.25) is 0 Å². The Morgan fingerprint density at radius 1 is 0.914 bits per heavy atom. The number of ether oxygens (including phenoxy) is 3. The van der Waals surface area contributed by atoms with Crippen molar-refractivity contribution in [2.75, 3.05) is 21.3 Å². The van der Waals surface area contributed by atoms with Crippen LogP contribution in [0.1, 0.15) is 23.6 Å². The van der Waals surface area contributed by atoms with Gasteiger partial charge in [-0.15, -0.1) is 0 Å². The molecule has 0 spiro atoms. The second kappa shape index (κ2) is 12.2. The highest BCUT2D eigenvalue weighted by atomic mass is 16.5. The lowest BCUT2D eigenvalue weighted by Crippen LogP contribution is -2.27. The average molecular weight is 473 g/mol. The van der Waals surface area contributed by atoms with E-state index in [1.54, 1.807) is 57.8 Å². The number of esters is 1. The minimum Gasteiger partial charge on any atom is -0.497 e. The molecular formula is C28H28N2O5. The standard InChI is InChI=1S/C28H28N2O5/c1-19(22-15-23(33-2)17-24(16-22)34-3)26(28(32)35-4)25(14-20-8-6-5-7-9-20)27(31)30-18-21-10-12-29-13-11-21/h5-17H,18H2,1-4H3,(H,30,31)/b25-14+,26-19-. The summed E-state index contributed by atoms with van der Waals surface area (Å²) in [6, 6.07) is 18.2. The van der Waals surface area contributed by atoms with Gasteiger partial charge in [-0.05, 0) is 59.5 Å². The molecule has 1 N–H and O–H groups in total. The van der Waals surface area contributed by atoms with Crippen molar-refractivity contribution in [3.63, 3.8) is 0 Å². The van der Waals surface area contributed by atoms with Crippen LogP contribution < -0.4 is 14.8 Å². The molecule has 0 saturated carbocycles. The van der Waals surface area contributed by atoms with Crippen LogP contribution in [0.4, 0.5) is 0 Å². The van der Waals surface area contributed by atoms with Gasteiger partial charge in [0, 0.05) is 25.0 Å². The van der Waals surface area contributed by atoms with Crippen molar-refractivity contribution in [3.8, 4) is 11.5 Å². The molecule has 0 aliphatic rings. The Morgan fingerprint density at radius 2 is 1.54 bits per heavy atom. The van der Waals surface area contributed by atoms with Crippen LogP contribution in [0.3, 0.4) is 0 Å². The number of rotatable bonds is 9. The molecule has 1 heterocycles. The van der Waals surface area contributed by atoms with Gasteiger partial charge in [0.15, 0.2) is 0 Å². The fourth-order valence-electron chi connectivity index (χ4n) is 3.48. The monoisotopic (exact) mass is 472 g/mol. The summed E-state index contributed by atoms with van der Waals surface area (Å²) in [6.07, 6.45) is 4.99. The van der Waals surface area contributed by atoms with Crippen molar-refractivity contribution in [3.05, 3.63) is 101 Å². The summed E-state index contributed by atoms with van der Waals surface area (Å²) in [5, 5.41) is 2.90. The average Bonchev–Trinajstić information content (AvgIpc) is 2.91. The van der Waals surface area contributed by atoms with Crippen LogP contribution in [-0.4, -0.2) is 38.2 Å². The second-order valence-corrected chi connectivity index (χ2v) is 7.60. The van der Waals surface area contributed by atoms with Crippen molar-refractivity contribution in [1.29, 1.82) is 0 Å². The van der Waals surface area contributed by atoms with E-state index in [0.29, 0.717) is 22.6 Å². The smallest absolute Gasteiger partial charge is 0.338 e. The number of carbonyl (C=O) groups is 2. The first-order valence-corrected chi connectivity index (χ1v) is 10.9. The summed E-state index contributed by atoms with van der Waals surface area (Å²) >= 11 is 0. The largest absolute Gasteiger partial charge is 0.497 e. The number of benzene rings is 2. The van der Waals surface area contributed by atoms with Crippen LogP contribution in [0.5, 0.6) is 11.5 Å². The third-order valence-corrected chi connectivity index (χ3v) is 5.38. The highest BCUT2D eigenvalue weighted by Gasteiger charge is 2.25. The van der Waals surface area contributed by atoms with Crippen molar-refractivity contribution in [1.82, 2.24) is 10.3 Å². The van der Waals surface area contributed by atoms with E-state index in [0.717, 1.165) is 11.1 Å². The first kappa shape index (κ1) is 25.2. The van der Waals surface area contributed by atoms with E-state index in [1.807, 2.05) is 42.5 Å². The number of carbonyl (C=O) groups excluding carboxylic acids is 2. The predicted octanol–water partition coefficient (Wildman–Crippen LogP) is 4.45. The van der Waals surface area contributed by atoms with E-state index in [1.165, 1.54) is 7.11 Å². The molecule has 0 aliphatic carbocycles. The van der Waals surface area contributed by atoms with E-state index < -0.39 is 11.9 Å². The molecule has 0 atom stereocenters. The molecule has 0 fully saturated rings. The maximum Gasteiger partial charge on any atom is 0.338 e. The number of hydrogen-bond donors (Lipinski definition) is 1. The Kier molecular flexibility index (Phi) is 8.78. The predicted molar refractivity (Wildman–Crippen MR) is 135 cm³/mol. The van der Waals surface area contributed by atoms with Gasteiger partial charge in [0.25, 0.3) is 5.91 Å². The van der Waals surface area contributed by atoms with Crippen molar-refractivity contribution in [2.45, 2.75) is 13.5 Å². The molecule has 1 amide bonds. The number of methoxy groups -OCH3 is 3. The third-order valence-electron chi connectivity index (χ3n) is 5.38. The molecule has 0 bridgehead atoms. The lowest BCUT2D eigenvalue weighted by molar-refractivity contribution is -0.136. The normalized spacial score (nSPS) is 11.8. The van der Waals surface area contributed by atoms with Crippen LogP contribution in [0.15, 0.2) is 84.2 Å². The van der Waals surface area contributed by atoms with Crippen LogP contribution in [0, 0.1) is 0 Å². The molecule has 0 unspecified atom stereocenters. The zero-order valence-corrected chi connectivity index (χ0v) is 20.2. The highest BCUT2D eigenvalue weighted by Crippen LogP contribution is 2.32. The van der Waals surface area contributed by atoms with Gasteiger partial charge in [0.2, 0.25) is 0 Å². The Bertz CT molecular complexity index is 1210. The van der Waals surface area contributed by atoms with Gasteiger partial charge in [-0.1, -0.05) is 30.3 Å². The zero-order chi connectivity index (χ0) is 25.2. The summed E-state index contributed by atoms with van der Waals surface area (Å²) < 4.78 is 15.9. The first-order chi connectivity index (χ1) is 17.0. The van der Waals surface area contributed by atoms with Crippen LogP contribution in [0.25, 0.3) is 11.6 Å². The molecule has 180 valence electrons. The van der Waals surface area contributed by atoms with E-state index in [9.17, 15) is 9.59 Å². The second-order valence-electron chi connectivity index (χ2n) is 7.60. The van der Waals surface area contributed by atoms with Gasteiger partial charge in [-0.25, -0.2) is 4.79 Å². The first-order valence-electron chi connectivity index (χ1n) is 10.9. The molecule has 0 radical (unpaired) electrons. The Labute approximate surface area is 205 Å². The number of nitrogens with one attached hydrogen (secondary N) is 1. The molecule has 35 heavy (non-hydrogen) atoms. The maximum absolute atomic E-state index is 13.5. The zero-order valence-electron chi connectivity index (χ0n) is 20.2. The molecule has 3 rings (SSSR count). The summed E-state index contributed by atoms with van der Waals surface area (Å²) in [6.45, 7) is 2.03. The van der Waals surface area contributed by atoms with Crippen molar-refractivity contribution in [2.24, 2.45) is 0 Å². The number of pyridine rings is 1. The summed E-state index contributed by atoms with van der Waals surface area (Å²) in [4.78, 5) is 30.6. The number of allylic oxidation sites excluding steroid dienone is 1. The van der Waals surface area contributed by atoms with Gasteiger partial charge < -0.3 is 19.5 Å². The Morgan fingerprint density at radius 3 is 2.11 bits per heavy atom. The minimum absolute atomic E-state index is 0.138. The summed E-state index contributed by atoms with van der Waals surface area (Å²) in [5.41, 5.74) is 3.15. The SMILES string of the molecule is COC(=O)C(=C(/C)c1cc(OC)cc(OC)c1)/C(=C\c1ccccc1)C(=O)NCc1ccncc1. The molecule has 0 saturated heterocycles. The summed E-state index contributed by atoms with van der Waals surface area (Å²) in [7, 11) is 4.38. The molecule has 7 heteroatoms. The van der Waals surface area contributed by atoms with Crippen LogP contribution >= 0.6 is 0 Å². The Hall–Kier alpha value is -4.39. The molecule has 3 aromatic rings. The van der Waals surface area contributed by atoms with E-state index in [2.05, 4.69) is 10.3 Å². The van der Waals surface area contributed by atoms with Gasteiger partial charge in [-0.3, -0.25) is 9.78 Å². The minimum atomic E-state index is -0.634. The van der Waals surface area contributed by atoms with Crippen molar-refractivity contribution >= 4 is 23.5 Å². The van der Waals surface area contributed by atoms with E-state index >= 15 is 0 Å². The number of nitrogens with zero attached hydrogens (tertiary/aromatic N) is 1. The fraction of sp³-hybridized carbons (Fsp3) is 0.179. The number of hydrogen-bond acceptors (Lipinski definition) is 6. The molecule has 7 nitrogen and oxygen atoms in total. The summed E-state index contributed by atoms with van der Waals surface area (Å²) in [5.74, 6) is 0.0584. The van der Waals surface area contributed by atoms with E-state index in [-0.39, 0.29) is 17.7 Å². The van der Waals surface area contributed by atoms with Crippen molar-refractivity contribution < 1.29 is 23.8 Å². The molecule has 0 aliphatic heterocycles. The lowest BCUT2D eigenvalue weighted by Gasteiger charge is -2.16. The molecular weight excluding hydrogens is 444 g/mol. The maximum atomic E-state index is 13.5. The van der Waals surface area contributed by atoms with Crippen LogP contribution in [-0.2, 0) is 20.9 Å². The lowest BCUT2D eigenvalue weighted by atomic mass is 9.93. The third kappa shape index (κ3) is 6.57. The topological polar surface area (TPSA) is 86.8 Å². The highest BCUT2D eigenvalue weighted by molar-refractivity contribution is 6.16. The molecule has 1 aromatic heterocycles. The van der Waals surface area contributed by atoms with E-state index in [4.69, 9.17) is 14.2 Å². The number of aromatic nitrogens is 1. The number of amides is 1. The van der Waals surface area contributed by atoms with Gasteiger partial charge >= 0.3 is 5.97 Å². The van der Waals surface area contributed by atoms with Gasteiger partial charge in [-0.2, -0.15) is 0 Å². The fourth-order valence-corrected chi connectivity index (χ4v) is 3.48. The molecule has 2 aromatic carbocycles.